The van der Waals surface area contributed by atoms with Crippen LogP contribution < -0.4 is 4.90 Å². The molecule has 1 fully saturated rings. The Labute approximate surface area is 153 Å². The molecule has 0 bridgehead atoms. The molecule has 3 heteroatoms. The first kappa shape index (κ1) is 19.5. The van der Waals surface area contributed by atoms with Crippen LogP contribution in [0.2, 0.25) is 0 Å². The first-order valence-electron chi connectivity index (χ1n) is 9.34. The lowest BCUT2D eigenvalue weighted by molar-refractivity contribution is -0.105. The van der Waals surface area contributed by atoms with Crippen molar-refractivity contribution in [1.29, 1.82) is 0 Å². The molecule has 0 saturated carbocycles. The van der Waals surface area contributed by atoms with E-state index >= 15 is 0 Å². The third kappa shape index (κ3) is 4.82. The fourth-order valence-electron chi connectivity index (χ4n) is 3.55. The molecule has 0 N–H and O–H groups in total. The molecule has 1 aromatic carbocycles. The number of likely N-dealkylation sites (N-methyl/N-ethyl adjacent to an activating group) is 1. The smallest absolute Gasteiger partial charge is 0.146 e. The predicted octanol–water partition coefficient (Wildman–Crippen LogP) is 4.55. The normalized spacial score (nSPS) is 16.4. The van der Waals surface area contributed by atoms with Gasteiger partial charge in [0.25, 0.3) is 0 Å². The highest BCUT2D eigenvalue weighted by Gasteiger charge is 2.15. The monoisotopic (exact) mass is 340 g/mol. The molecule has 1 heterocycles. The second-order valence-corrected chi connectivity index (χ2v) is 7.23. The van der Waals surface area contributed by atoms with Crippen molar-refractivity contribution in [3.8, 4) is 0 Å². The van der Waals surface area contributed by atoms with Gasteiger partial charge >= 0.3 is 0 Å². The highest BCUT2D eigenvalue weighted by Crippen LogP contribution is 2.31. The van der Waals surface area contributed by atoms with Gasteiger partial charge in [-0.05, 0) is 68.7 Å². The van der Waals surface area contributed by atoms with Gasteiger partial charge in [0, 0.05) is 31.9 Å². The van der Waals surface area contributed by atoms with E-state index in [9.17, 15) is 4.79 Å². The van der Waals surface area contributed by atoms with Gasteiger partial charge in [-0.2, -0.15) is 0 Å². The Balaban J connectivity index is 2.29. The van der Waals surface area contributed by atoms with Crippen LogP contribution in [-0.2, 0) is 4.79 Å². The van der Waals surface area contributed by atoms with Crippen molar-refractivity contribution in [3.63, 3.8) is 0 Å². The van der Waals surface area contributed by atoms with Crippen LogP contribution in [-0.4, -0.2) is 44.4 Å². The molecule has 1 aromatic rings. The van der Waals surface area contributed by atoms with Crippen LogP contribution >= 0.6 is 0 Å². The largest absolute Gasteiger partial charge is 0.369 e. The minimum absolute atomic E-state index is 0.839. The van der Waals surface area contributed by atoms with E-state index in [2.05, 4.69) is 68.8 Å². The van der Waals surface area contributed by atoms with Gasteiger partial charge in [0.1, 0.15) is 6.29 Å². The van der Waals surface area contributed by atoms with Gasteiger partial charge in [0.05, 0.1) is 0 Å². The SMILES string of the molecule is CCC/C(C=O)=C(/C)C(=C(C)C)c1ccc(N2CCN(C)CC2)cc1. The number of nitrogens with zero attached hydrogens (tertiary/aromatic N) is 2. The second-order valence-electron chi connectivity index (χ2n) is 7.23. The summed E-state index contributed by atoms with van der Waals surface area (Å²) < 4.78 is 0. The molecule has 2 rings (SSSR count). The van der Waals surface area contributed by atoms with Crippen molar-refractivity contribution >= 4 is 17.5 Å². The van der Waals surface area contributed by atoms with Crippen LogP contribution in [0, 0.1) is 0 Å². The summed E-state index contributed by atoms with van der Waals surface area (Å²) in [7, 11) is 2.18. The molecule has 3 nitrogen and oxygen atoms in total. The summed E-state index contributed by atoms with van der Waals surface area (Å²) in [6.45, 7) is 12.8. The molecule has 25 heavy (non-hydrogen) atoms. The Morgan fingerprint density at radius 2 is 1.64 bits per heavy atom. The number of rotatable bonds is 6. The summed E-state index contributed by atoms with van der Waals surface area (Å²) in [5.41, 5.74) is 6.98. The van der Waals surface area contributed by atoms with Gasteiger partial charge in [-0.25, -0.2) is 0 Å². The zero-order valence-corrected chi connectivity index (χ0v) is 16.4. The van der Waals surface area contributed by atoms with Crippen molar-refractivity contribution in [1.82, 2.24) is 4.90 Å². The second kappa shape index (κ2) is 9.00. The van der Waals surface area contributed by atoms with Crippen molar-refractivity contribution in [2.45, 2.75) is 40.5 Å². The maximum atomic E-state index is 11.5. The number of hydrogen-bond donors (Lipinski definition) is 0. The summed E-state index contributed by atoms with van der Waals surface area (Å²) >= 11 is 0. The van der Waals surface area contributed by atoms with E-state index in [4.69, 9.17) is 0 Å². The van der Waals surface area contributed by atoms with Gasteiger partial charge in [0.2, 0.25) is 0 Å². The van der Waals surface area contributed by atoms with Gasteiger partial charge in [0.15, 0.2) is 0 Å². The Bertz CT molecular complexity index is 643. The molecule has 136 valence electrons. The predicted molar refractivity (Wildman–Crippen MR) is 108 cm³/mol. The van der Waals surface area contributed by atoms with E-state index in [-0.39, 0.29) is 0 Å². The molecule has 0 spiro atoms. The van der Waals surface area contributed by atoms with Crippen molar-refractivity contribution in [2.75, 3.05) is 38.1 Å². The fraction of sp³-hybridized carbons (Fsp3) is 0.500. The molecule has 1 aliphatic heterocycles. The standard InChI is InChI=1S/C22H32N2O/c1-6-7-20(16-25)18(4)22(17(2)3)19-8-10-21(11-9-19)24-14-12-23(5)13-15-24/h8-11,16H,6-7,12-15H2,1-5H3/b20-18+. The number of hydrogen-bond acceptors (Lipinski definition) is 3. The van der Waals surface area contributed by atoms with Crippen molar-refractivity contribution in [3.05, 3.63) is 46.5 Å². The summed E-state index contributed by atoms with van der Waals surface area (Å²) in [6, 6.07) is 8.84. The number of benzene rings is 1. The quantitative estimate of drug-likeness (QED) is 0.431. The summed E-state index contributed by atoms with van der Waals surface area (Å²) in [5, 5.41) is 0. The van der Waals surface area contributed by atoms with Crippen LogP contribution in [0.1, 0.15) is 46.1 Å². The Morgan fingerprint density at radius 1 is 1.04 bits per heavy atom. The van der Waals surface area contributed by atoms with Crippen LogP contribution in [0.25, 0.3) is 5.57 Å². The lowest BCUT2D eigenvalue weighted by Gasteiger charge is -2.34. The number of piperazine rings is 1. The third-order valence-electron chi connectivity index (χ3n) is 5.04. The van der Waals surface area contributed by atoms with E-state index in [1.165, 1.54) is 22.4 Å². The molecule has 0 atom stereocenters. The van der Waals surface area contributed by atoms with E-state index in [0.717, 1.165) is 56.5 Å². The third-order valence-corrected chi connectivity index (χ3v) is 5.04. The molecule has 1 saturated heterocycles. The first-order valence-corrected chi connectivity index (χ1v) is 9.34. The van der Waals surface area contributed by atoms with E-state index < -0.39 is 0 Å². The zero-order valence-electron chi connectivity index (χ0n) is 16.4. The van der Waals surface area contributed by atoms with E-state index in [1.54, 1.807) is 0 Å². The zero-order chi connectivity index (χ0) is 18.4. The first-order chi connectivity index (χ1) is 12.0. The lowest BCUT2D eigenvalue weighted by Crippen LogP contribution is -2.44. The molecule has 0 amide bonds. The fourth-order valence-corrected chi connectivity index (χ4v) is 3.55. The van der Waals surface area contributed by atoms with Crippen LogP contribution in [0.3, 0.4) is 0 Å². The lowest BCUT2D eigenvalue weighted by atomic mass is 9.90. The van der Waals surface area contributed by atoms with Crippen LogP contribution in [0.5, 0.6) is 0 Å². The molecule has 0 unspecified atom stereocenters. The maximum absolute atomic E-state index is 11.5. The highest BCUT2D eigenvalue weighted by atomic mass is 16.1. The average molecular weight is 341 g/mol. The van der Waals surface area contributed by atoms with Gasteiger partial charge < -0.3 is 9.80 Å². The molecular weight excluding hydrogens is 308 g/mol. The Morgan fingerprint density at radius 3 is 2.12 bits per heavy atom. The van der Waals surface area contributed by atoms with Crippen LogP contribution in [0.4, 0.5) is 5.69 Å². The molecule has 1 aliphatic rings. The van der Waals surface area contributed by atoms with Crippen LogP contribution in [0.15, 0.2) is 41.0 Å². The minimum Gasteiger partial charge on any atom is -0.369 e. The molecule has 0 radical (unpaired) electrons. The summed E-state index contributed by atoms with van der Waals surface area (Å²) in [6.07, 6.45) is 2.86. The Hall–Kier alpha value is -1.87. The van der Waals surface area contributed by atoms with Gasteiger partial charge in [-0.15, -0.1) is 0 Å². The van der Waals surface area contributed by atoms with Gasteiger partial charge in [-0.1, -0.05) is 31.1 Å². The van der Waals surface area contributed by atoms with Crippen molar-refractivity contribution in [2.24, 2.45) is 0 Å². The highest BCUT2D eigenvalue weighted by molar-refractivity contribution is 5.88. The van der Waals surface area contributed by atoms with Crippen molar-refractivity contribution < 1.29 is 4.79 Å². The minimum atomic E-state index is 0.839. The van der Waals surface area contributed by atoms with E-state index in [1.807, 2.05) is 0 Å². The topological polar surface area (TPSA) is 23.6 Å². The number of aldehydes is 1. The number of carbonyl (C=O) groups is 1. The Kier molecular flexibility index (Phi) is 7.01. The molecule has 0 aromatic heterocycles. The van der Waals surface area contributed by atoms with Gasteiger partial charge in [-0.3, -0.25) is 4.79 Å². The maximum Gasteiger partial charge on any atom is 0.146 e. The molecule has 0 aliphatic carbocycles. The molecular formula is C22H32N2O. The summed E-state index contributed by atoms with van der Waals surface area (Å²) in [5.74, 6) is 0. The number of anilines is 1. The number of allylic oxidation sites excluding steroid dienone is 4. The number of carbonyl (C=O) groups excluding carboxylic acids is 1. The van der Waals surface area contributed by atoms with E-state index in [0.29, 0.717) is 0 Å². The summed E-state index contributed by atoms with van der Waals surface area (Å²) in [4.78, 5) is 16.3. The average Bonchev–Trinajstić information content (AvgIpc) is 2.60.